The number of carbonyl (C=O) groups excluding carboxylic acids is 2. The summed E-state index contributed by atoms with van der Waals surface area (Å²) in [5.41, 5.74) is 0.340. The van der Waals surface area contributed by atoms with Crippen LogP contribution in [0.4, 0.5) is 4.39 Å². The van der Waals surface area contributed by atoms with Gasteiger partial charge in [-0.25, -0.2) is 4.39 Å². The lowest BCUT2D eigenvalue weighted by Crippen LogP contribution is -2.52. The van der Waals surface area contributed by atoms with Crippen LogP contribution >= 0.6 is 0 Å². The van der Waals surface area contributed by atoms with E-state index in [0.717, 1.165) is 11.3 Å². The zero-order valence-electron chi connectivity index (χ0n) is 19.5. The average Bonchev–Trinajstić information content (AvgIpc) is 2.75. The average molecular weight is 445 g/mol. The van der Waals surface area contributed by atoms with E-state index in [1.165, 1.54) is 17.0 Å². The topological polar surface area (TPSA) is 67.9 Å². The molecule has 2 aromatic carbocycles. The minimum absolute atomic E-state index is 0.163. The summed E-state index contributed by atoms with van der Waals surface area (Å²) in [4.78, 5) is 27.3. The van der Waals surface area contributed by atoms with Crippen LogP contribution in [-0.4, -0.2) is 42.0 Å². The van der Waals surface area contributed by atoms with Crippen molar-refractivity contribution in [2.24, 2.45) is 0 Å². The van der Waals surface area contributed by atoms with Crippen molar-refractivity contribution < 1.29 is 23.5 Å². The standard InChI is InChI=1S/C25H33FN2O4/c1-18(24(30)27-25(2,3)4)28(17-19-8-10-20(26)11-9-19)23(29)7-6-16-32-22-14-12-21(31-5)13-15-22/h8-15,18H,6-7,16-17H2,1-5H3,(H,27,30)/t18-/m1/s1. The van der Waals surface area contributed by atoms with Crippen LogP contribution in [0.5, 0.6) is 11.5 Å². The van der Waals surface area contributed by atoms with Gasteiger partial charge in [0.1, 0.15) is 23.4 Å². The van der Waals surface area contributed by atoms with Crippen molar-refractivity contribution in [1.82, 2.24) is 10.2 Å². The first-order chi connectivity index (χ1) is 15.1. The second-order valence-electron chi connectivity index (χ2n) is 8.69. The van der Waals surface area contributed by atoms with E-state index in [-0.39, 0.29) is 30.6 Å². The highest BCUT2D eigenvalue weighted by molar-refractivity contribution is 5.87. The van der Waals surface area contributed by atoms with Gasteiger partial charge in [-0.2, -0.15) is 0 Å². The second kappa shape index (κ2) is 11.5. The number of ether oxygens (including phenoxy) is 2. The van der Waals surface area contributed by atoms with E-state index < -0.39 is 11.6 Å². The Bertz CT molecular complexity index is 876. The summed E-state index contributed by atoms with van der Waals surface area (Å²) in [5, 5.41) is 2.92. The van der Waals surface area contributed by atoms with Gasteiger partial charge in [0.15, 0.2) is 0 Å². The fraction of sp³-hybridized carbons (Fsp3) is 0.440. The maximum absolute atomic E-state index is 13.3. The van der Waals surface area contributed by atoms with Gasteiger partial charge in [-0.1, -0.05) is 12.1 Å². The smallest absolute Gasteiger partial charge is 0.242 e. The van der Waals surface area contributed by atoms with Crippen molar-refractivity contribution in [3.63, 3.8) is 0 Å². The van der Waals surface area contributed by atoms with Crippen molar-refractivity contribution in [3.05, 3.63) is 59.9 Å². The van der Waals surface area contributed by atoms with Gasteiger partial charge in [-0.15, -0.1) is 0 Å². The summed E-state index contributed by atoms with van der Waals surface area (Å²) in [7, 11) is 1.60. The number of carbonyl (C=O) groups is 2. The molecule has 0 heterocycles. The summed E-state index contributed by atoms with van der Waals surface area (Å²) in [6.07, 6.45) is 0.725. The Kier molecular flexibility index (Phi) is 9.05. The van der Waals surface area contributed by atoms with E-state index in [4.69, 9.17) is 9.47 Å². The Labute approximate surface area is 189 Å². The van der Waals surface area contributed by atoms with E-state index in [9.17, 15) is 14.0 Å². The highest BCUT2D eigenvalue weighted by atomic mass is 19.1. The Morgan fingerprint density at radius 2 is 1.62 bits per heavy atom. The molecule has 0 fully saturated rings. The lowest BCUT2D eigenvalue weighted by molar-refractivity contribution is -0.141. The van der Waals surface area contributed by atoms with Crippen LogP contribution in [0.1, 0.15) is 46.1 Å². The third-order valence-electron chi connectivity index (χ3n) is 4.79. The van der Waals surface area contributed by atoms with Gasteiger partial charge in [0, 0.05) is 18.5 Å². The molecule has 6 nitrogen and oxygen atoms in total. The molecule has 2 rings (SSSR count). The molecule has 0 aliphatic rings. The van der Waals surface area contributed by atoms with Crippen molar-refractivity contribution in [1.29, 1.82) is 0 Å². The number of amides is 2. The van der Waals surface area contributed by atoms with Crippen molar-refractivity contribution >= 4 is 11.8 Å². The molecular weight excluding hydrogens is 411 g/mol. The molecule has 0 unspecified atom stereocenters. The fourth-order valence-corrected chi connectivity index (χ4v) is 3.07. The predicted molar refractivity (Wildman–Crippen MR) is 122 cm³/mol. The quantitative estimate of drug-likeness (QED) is 0.554. The number of hydrogen-bond donors (Lipinski definition) is 1. The zero-order chi connectivity index (χ0) is 23.7. The molecule has 2 aromatic rings. The summed E-state index contributed by atoms with van der Waals surface area (Å²) in [6, 6.07) is 12.5. The van der Waals surface area contributed by atoms with Gasteiger partial charge in [-0.3, -0.25) is 9.59 Å². The van der Waals surface area contributed by atoms with Gasteiger partial charge in [0.05, 0.1) is 13.7 Å². The van der Waals surface area contributed by atoms with Crippen LogP contribution in [0.3, 0.4) is 0 Å². The third-order valence-corrected chi connectivity index (χ3v) is 4.79. The van der Waals surface area contributed by atoms with Crippen LogP contribution in [0, 0.1) is 5.82 Å². The SMILES string of the molecule is COc1ccc(OCCCC(=O)N(Cc2ccc(F)cc2)[C@H](C)C(=O)NC(C)(C)C)cc1. The van der Waals surface area contributed by atoms with Gasteiger partial charge in [0.2, 0.25) is 11.8 Å². The highest BCUT2D eigenvalue weighted by Crippen LogP contribution is 2.18. The molecule has 174 valence electrons. The first-order valence-electron chi connectivity index (χ1n) is 10.7. The maximum atomic E-state index is 13.3. The Morgan fingerprint density at radius 1 is 1.03 bits per heavy atom. The number of methoxy groups -OCH3 is 1. The molecule has 0 aliphatic heterocycles. The molecule has 0 spiro atoms. The summed E-state index contributed by atoms with van der Waals surface area (Å²) >= 11 is 0. The second-order valence-corrected chi connectivity index (χ2v) is 8.69. The largest absolute Gasteiger partial charge is 0.497 e. The van der Waals surface area contributed by atoms with E-state index in [0.29, 0.717) is 18.8 Å². The molecule has 0 bridgehead atoms. The van der Waals surface area contributed by atoms with E-state index >= 15 is 0 Å². The summed E-state index contributed by atoms with van der Waals surface area (Å²) in [6.45, 7) is 7.96. The predicted octanol–water partition coefficient (Wildman–Crippen LogP) is 4.33. The Balaban J connectivity index is 1.99. The van der Waals surface area contributed by atoms with Crippen LogP contribution in [-0.2, 0) is 16.1 Å². The van der Waals surface area contributed by atoms with Gasteiger partial charge >= 0.3 is 0 Å². The van der Waals surface area contributed by atoms with Gasteiger partial charge in [-0.05, 0) is 76.1 Å². The van der Waals surface area contributed by atoms with Crippen LogP contribution in [0.15, 0.2) is 48.5 Å². The molecule has 0 aliphatic carbocycles. The van der Waals surface area contributed by atoms with E-state index in [1.807, 2.05) is 20.8 Å². The van der Waals surface area contributed by atoms with Crippen LogP contribution < -0.4 is 14.8 Å². The minimum atomic E-state index is -0.672. The number of hydrogen-bond acceptors (Lipinski definition) is 4. The molecule has 2 amide bonds. The van der Waals surface area contributed by atoms with Crippen molar-refractivity contribution in [2.75, 3.05) is 13.7 Å². The molecule has 0 saturated carbocycles. The number of nitrogens with zero attached hydrogens (tertiary/aromatic N) is 1. The summed E-state index contributed by atoms with van der Waals surface area (Å²) < 4.78 is 24.1. The van der Waals surface area contributed by atoms with E-state index in [2.05, 4.69) is 5.32 Å². The van der Waals surface area contributed by atoms with Crippen LogP contribution in [0.25, 0.3) is 0 Å². The number of benzene rings is 2. The fourth-order valence-electron chi connectivity index (χ4n) is 3.07. The highest BCUT2D eigenvalue weighted by Gasteiger charge is 2.28. The Hall–Kier alpha value is -3.09. The first kappa shape index (κ1) is 25.2. The monoisotopic (exact) mass is 444 g/mol. The van der Waals surface area contributed by atoms with E-state index in [1.54, 1.807) is 50.4 Å². The molecule has 0 aromatic heterocycles. The molecular formula is C25H33FN2O4. The minimum Gasteiger partial charge on any atom is -0.497 e. The molecule has 1 atom stereocenters. The number of rotatable bonds is 10. The third kappa shape index (κ3) is 8.21. The normalized spacial score (nSPS) is 12.1. The Morgan fingerprint density at radius 3 is 2.19 bits per heavy atom. The number of halogens is 1. The molecule has 1 N–H and O–H groups in total. The first-order valence-corrected chi connectivity index (χ1v) is 10.7. The van der Waals surface area contributed by atoms with Crippen molar-refractivity contribution in [2.45, 2.75) is 58.7 Å². The van der Waals surface area contributed by atoms with Crippen molar-refractivity contribution in [3.8, 4) is 11.5 Å². The molecule has 32 heavy (non-hydrogen) atoms. The van der Waals surface area contributed by atoms with Gasteiger partial charge in [0.25, 0.3) is 0 Å². The molecule has 0 radical (unpaired) electrons. The summed E-state index contributed by atoms with van der Waals surface area (Å²) in [5.74, 6) is 0.693. The lowest BCUT2D eigenvalue weighted by atomic mass is 10.1. The van der Waals surface area contributed by atoms with Crippen LogP contribution in [0.2, 0.25) is 0 Å². The zero-order valence-corrected chi connectivity index (χ0v) is 19.5. The van der Waals surface area contributed by atoms with Gasteiger partial charge < -0.3 is 19.7 Å². The maximum Gasteiger partial charge on any atom is 0.242 e. The molecule has 0 saturated heterocycles. The number of nitrogens with one attached hydrogen (secondary N) is 1. The lowest BCUT2D eigenvalue weighted by Gasteiger charge is -2.31. The molecule has 7 heteroatoms.